The second kappa shape index (κ2) is 3.55. The van der Waals surface area contributed by atoms with Crippen LogP contribution in [0.1, 0.15) is 20.3 Å². The van der Waals surface area contributed by atoms with Gasteiger partial charge in [0.1, 0.15) is 0 Å². The van der Waals surface area contributed by atoms with E-state index in [9.17, 15) is 30.4 Å². The second-order valence-electron chi connectivity index (χ2n) is 3.12. The third-order valence-corrected chi connectivity index (χ3v) is 2.91. The first kappa shape index (κ1) is 14.6. The molecule has 0 aromatic carbocycles. The van der Waals surface area contributed by atoms with Crippen molar-refractivity contribution < 1.29 is 34.9 Å². The van der Waals surface area contributed by atoms with Gasteiger partial charge in [-0.25, -0.2) is 4.39 Å². The molecule has 0 saturated carbocycles. The Morgan fingerprint density at radius 3 is 1.67 bits per heavy atom. The van der Waals surface area contributed by atoms with E-state index in [0.29, 0.717) is 0 Å². The highest BCUT2D eigenvalue weighted by Gasteiger charge is 2.73. The molecule has 15 heavy (non-hydrogen) atoms. The molecular formula is C6H9F5O3S. The van der Waals surface area contributed by atoms with E-state index in [2.05, 4.69) is 0 Å². The molecule has 0 radical (unpaired) electrons. The van der Waals surface area contributed by atoms with Gasteiger partial charge in [-0.3, -0.25) is 4.55 Å². The van der Waals surface area contributed by atoms with Crippen LogP contribution in [0.25, 0.3) is 0 Å². The van der Waals surface area contributed by atoms with E-state index in [0.717, 1.165) is 6.92 Å². The summed E-state index contributed by atoms with van der Waals surface area (Å²) in [6, 6.07) is 0. The lowest BCUT2D eigenvalue weighted by Crippen LogP contribution is -2.57. The molecule has 92 valence electrons. The molecule has 0 spiro atoms. The van der Waals surface area contributed by atoms with Gasteiger partial charge in [0.15, 0.2) is 5.67 Å². The molecule has 1 atom stereocenters. The molecule has 1 unspecified atom stereocenters. The maximum Gasteiger partial charge on any atom is 0.434 e. The Hall–Kier alpha value is -0.440. The quantitative estimate of drug-likeness (QED) is 0.620. The molecule has 0 bridgehead atoms. The lowest BCUT2D eigenvalue weighted by molar-refractivity contribution is -0.231. The molecule has 0 aromatic rings. The number of halogens is 5. The van der Waals surface area contributed by atoms with Crippen LogP contribution in [-0.4, -0.2) is 29.8 Å². The van der Waals surface area contributed by atoms with Gasteiger partial charge in [-0.1, -0.05) is 6.92 Å². The minimum atomic E-state index is -6.38. The first-order chi connectivity index (χ1) is 6.31. The van der Waals surface area contributed by atoms with Gasteiger partial charge in [-0.05, 0) is 13.3 Å². The standard InChI is InChI=1S/C6H9F5O3S/c1-3-4(2,7)5(8,9)6(10,11)15(12,13)14/h3H2,1-2H3,(H,12,13,14). The Kier molecular flexibility index (Phi) is 3.44. The Labute approximate surface area is 83.0 Å². The highest BCUT2D eigenvalue weighted by atomic mass is 32.2. The minimum Gasteiger partial charge on any atom is -0.281 e. The van der Waals surface area contributed by atoms with Crippen LogP contribution in [0.2, 0.25) is 0 Å². The van der Waals surface area contributed by atoms with E-state index in [1.54, 1.807) is 0 Å². The summed E-state index contributed by atoms with van der Waals surface area (Å²) in [6.45, 7) is 0.972. The Morgan fingerprint density at radius 1 is 1.13 bits per heavy atom. The topological polar surface area (TPSA) is 54.4 Å². The Balaban J connectivity index is 5.59. The zero-order valence-electron chi connectivity index (χ0n) is 7.77. The molecule has 0 saturated heterocycles. The van der Waals surface area contributed by atoms with Crippen LogP contribution in [0.3, 0.4) is 0 Å². The van der Waals surface area contributed by atoms with Crippen molar-refractivity contribution in [2.75, 3.05) is 0 Å². The number of alkyl halides is 5. The monoisotopic (exact) mass is 256 g/mol. The zero-order valence-corrected chi connectivity index (χ0v) is 8.59. The minimum absolute atomic E-state index is 0.131. The van der Waals surface area contributed by atoms with Gasteiger partial charge in [0, 0.05) is 0 Å². The van der Waals surface area contributed by atoms with Crippen molar-refractivity contribution in [3.05, 3.63) is 0 Å². The van der Waals surface area contributed by atoms with E-state index in [1.807, 2.05) is 0 Å². The SMILES string of the molecule is CCC(C)(F)C(F)(F)C(F)(F)S(=O)(=O)O. The van der Waals surface area contributed by atoms with Crippen LogP contribution in [0.4, 0.5) is 22.0 Å². The van der Waals surface area contributed by atoms with Crippen LogP contribution in [0.15, 0.2) is 0 Å². The van der Waals surface area contributed by atoms with Gasteiger partial charge in [0.2, 0.25) is 0 Å². The summed E-state index contributed by atoms with van der Waals surface area (Å²) in [5.41, 5.74) is -3.74. The summed E-state index contributed by atoms with van der Waals surface area (Å²) in [6.07, 6.45) is -1.04. The van der Waals surface area contributed by atoms with Crippen LogP contribution in [0.5, 0.6) is 0 Å². The van der Waals surface area contributed by atoms with E-state index >= 15 is 0 Å². The summed E-state index contributed by atoms with van der Waals surface area (Å²) < 4.78 is 91.7. The van der Waals surface area contributed by atoms with E-state index < -0.39 is 33.4 Å². The highest BCUT2D eigenvalue weighted by molar-refractivity contribution is 7.87. The van der Waals surface area contributed by atoms with Crippen LogP contribution >= 0.6 is 0 Å². The van der Waals surface area contributed by atoms with Crippen molar-refractivity contribution >= 4 is 10.1 Å². The fourth-order valence-corrected chi connectivity index (χ4v) is 1.22. The second-order valence-corrected chi connectivity index (χ2v) is 4.58. The molecule has 9 heteroatoms. The van der Waals surface area contributed by atoms with Gasteiger partial charge < -0.3 is 0 Å². The van der Waals surface area contributed by atoms with Crippen LogP contribution < -0.4 is 0 Å². The van der Waals surface area contributed by atoms with E-state index in [-0.39, 0.29) is 6.92 Å². The summed E-state index contributed by atoms with van der Waals surface area (Å²) in [4.78, 5) is 0. The first-order valence-corrected chi connectivity index (χ1v) is 5.17. The number of hydrogen-bond donors (Lipinski definition) is 1. The molecule has 1 N–H and O–H groups in total. The van der Waals surface area contributed by atoms with E-state index in [4.69, 9.17) is 4.55 Å². The smallest absolute Gasteiger partial charge is 0.281 e. The van der Waals surface area contributed by atoms with Gasteiger partial charge >= 0.3 is 21.3 Å². The molecule has 0 rings (SSSR count). The maximum absolute atomic E-state index is 13.0. The molecule has 0 aliphatic rings. The largest absolute Gasteiger partial charge is 0.434 e. The van der Waals surface area contributed by atoms with Crippen molar-refractivity contribution in [2.45, 2.75) is 37.1 Å². The summed E-state index contributed by atoms with van der Waals surface area (Å²) in [5.74, 6) is -5.51. The predicted molar refractivity (Wildman–Crippen MR) is 41.2 cm³/mol. The summed E-state index contributed by atoms with van der Waals surface area (Å²) >= 11 is 0. The summed E-state index contributed by atoms with van der Waals surface area (Å²) in [7, 11) is -6.38. The molecule has 0 aliphatic heterocycles. The van der Waals surface area contributed by atoms with Gasteiger partial charge in [0.05, 0.1) is 0 Å². The number of rotatable bonds is 4. The molecular weight excluding hydrogens is 247 g/mol. The van der Waals surface area contributed by atoms with Crippen molar-refractivity contribution in [3.63, 3.8) is 0 Å². The lowest BCUT2D eigenvalue weighted by atomic mass is 9.97. The molecule has 0 aliphatic carbocycles. The summed E-state index contributed by atoms with van der Waals surface area (Å²) in [5, 5.41) is -5.86. The van der Waals surface area contributed by atoms with Crippen molar-refractivity contribution in [1.82, 2.24) is 0 Å². The molecule has 0 amide bonds. The molecule has 0 aromatic heterocycles. The number of hydrogen-bond acceptors (Lipinski definition) is 2. The molecule has 3 nitrogen and oxygen atoms in total. The highest BCUT2D eigenvalue weighted by Crippen LogP contribution is 2.48. The van der Waals surface area contributed by atoms with Crippen molar-refractivity contribution in [2.24, 2.45) is 0 Å². The molecule has 0 fully saturated rings. The zero-order chi connectivity index (χ0) is 12.7. The van der Waals surface area contributed by atoms with Crippen molar-refractivity contribution in [1.29, 1.82) is 0 Å². The van der Waals surface area contributed by atoms with Crippen LogP contribution in [-0.2, 0) is 10.1 Å². The van der Waals surface area contributed by atoms with Crippen molar-refractivity contribution in [3.8, 4) is 0 Å². The average molecular weight is 256 g/mol. The third kappa shape index (κ3) is 2.07. The van der Waals surface area contributed by atoms with Gasteiger partial charge in [0.25, 0.3) is 0 Å². The fraction of sp³-hybridized carbons (Fsp3) is 1.00. The predicted octanol–water partition coefficient (Wildman–Crippen LogP) is 2.24. The third-order valence-electron chi connectivity index (χ3n) is 2.01. The lowest BCUT2D eigenvalue weighted by Gasteiger charge is -2.33. The Bertz CT molecular complexity index is 335. The van der Waals surface area contributed by atoms with Crippen LogP contribution in [0, 0.1) is 0 Å². The molecule has 0 heterocycles. The maximum atomic E-state index is 13.0. The average Bonchev–Trinajstić information content (AvgIpc) is 2.01. The van der Waals surface area contributed by atoms with E-state index in [1.165, 1.54) is 0 Å². The Morgan fingerprint density at radius 2 is 1.47 bits per heavy atom. The first-order valence-electron chi connectivity index (χ1n) is 3.73. The van der Waals surface area contributed by atoms with Gasteiger partial charge in [-0.15, -0.1) is 0 Å². The fourth-order valence-electron chi connectivity index (χ4n) is 0.687. The van der Waals surface area contributed by atoms with Gasteiger partial charge in [-0.2, -0.15) is 26.0 Å². The normalized spacial score (nSPS) is 18.7.